The van der Waals surface area contributed by atoms with Gasteiger partial charge < -0.3 is 10.7 Å². The molecule has 1 aromatic rings. The van der Waals surface area contributed by atoms with Gasteiger partial charge in [-0.3, -0.25) is 0 Å². The third-order valence-corrected chi connectivity index (χ3v) is 3.00. The number of hydrogen-bond donors (Lipinski definition) is 2. The van der Waals surface area contributed by atoms with Gasteiger partial charge in [0.05, 0.1) is 0 Å². The first kappa shape index (κ1) is 9.71. The van der Waals surface area contributed by atoms with Crippen molar-refractivity contribution in [3.05, 3.63) is 17.7 Å². The van der Waals surface area contributed by atoms with Crippen LogP contribution in [0.3, 0.4) is 0 Å². The molecule has 0 atom stereocenters. The smallest absolute Gasteiger partial charge is 0.113 e. The summed E-state index contributed by atoms with van der Waals surface area (Å²) in [4.78, 5) is 7.85. The fourth-order valence-electron chi connectivity index (χ4n) is 1.86. The fourth-order valence-corrected chi connectivity index (χ4v) is 1.86. The van der Waals surface area contributed by atoms with Crippen LogP contribution in [0.5, 0.6) is 0 Å². The molecule has 3 N–H and O–H groups in total. The van der Waals surface area contributed by atoms with Crippen molar-refractivity contribution in [3.63, 3.8) is 0 Å². The van der Waals surface area contributed by atoms with E-state index in [0.29, 0.717) is 5.92 Å². The molecular weight excluding hydrogens is 174 g/mol. The summed E-state index contributed by atoms with van der Waals surface area (Å²) >= 11 is 0. The summed E-state index contributed by atoms with van der Waals surface area (Å²) < 4.78 is 0. The van der Waals surface area contributed by atoms with Gasteiger partial charge in [-0.1, -0.05) is 13.8 Å². The van der Waals surface area contributed by atoms with Gasteiger partial charge >= 0.3 is 0 Å². The lowest BCUT2D eigenvalue weighted by Gasteiger charge is -2.07. The predicted octanol–water partition coefficient (Wildman–Crippen LogP) is 1.60. The van der Waals surface area contributed by atoms with E-state index in [1.165, 1.54) is 18.5 Å². The molecule has 0 radical (unpaired) electrons. The van der Waals surface area contributed by atoms with Gasteiger partial charge in [-0.2, -0.15) is 0 Å². The van der Waals surface area contributed by atoms with Crippen molar-refractivity contribution in [3.8, 4) is 0 Å². The van der Waals surface area contributed by atoms with Gasteiger partial charge in [0.25, 0.3) is 0 Å². The van der Waals surface area contributed by atoms with Crippen molar-refractivity contribution in [2.24, 2.45) is 11.7 Å². The molecule has 0 saturated heterocycles. The summed E-state index contributed by atoms with van der Waals surface area (Å²) in [5.41, 5.74) is 7.20. The number of nitrogens with zero attached hydrogens (tertiary/aromatic N) is 1. The fraction of sp³-hybridized carbons (Fsp3) is 0.727. The maximum Gasteiger partial charge on any atom is 0.113 e. The number of nitrogens with two attached hydrogens (primary N) is 1. The number of aromatic nitrogens is 2. The van der Waals surface area contributed by atoms with Gasteiger partial charge in [-0.05, 0) is 25.2 Å². The molecule has 0 aliphatic heterocycles. The second-order valence-electron chi connectivity index (χ2n) is 4.84. The Hall–Kier alpha value is -0.830. The highest BCUT2D eigenvalue weighted by molar-refractivity contribution is 5.21. The standard InChI is InChI=1S/C11H19N3/c1-8(2)5-9-6-13-10(14-9)11(7-12)3-4-11/h6,8H,3-5,7,12H2,1-2H3,(H,13,14). The minimum Gasteiger partial charge on any atom is -0.345 e. The molecular formula is C11H19N3. The third kappa shape index (κ3) is 1.69. The van der Waals surface area contributed by atoms with Gasteiger partial charge in [0.2, 0.25) is 0 Å². The number of rotatable bonds is 4. The molecule has 0 unspecified atom stereocenters. The van der Waals surface area contributed by atoms with Crippen LogP contribution in [-0.2, 0) is 11.8 Å². The molecule has 14 heavy (non-hydrogen) atoms. The number of aromatic amines is 1. The lowest BCUT2D eigenvalue weighted by atomic mass is 10.1. The van der Waals surface area contributed by atoms with E-state index in [2.05, 4.69) is 23.8 Å². The minimum atomic E-state index is 0.204. The van der Waals surface area contributed by atoms with Crippen LogP contribution in [0.4, 0.5) is 0 Å². The Morgan fingerprint density at radius 3 is 2.79 bits per heavy atom. The Kier molecular flexibility index (Phi) is 2.35. The first-order chi connectivity index (χ1) is 6.66. The van der Waals surface area contributed by atoms with Crippen molar-refractivity contribution in [2.45, 2.75) is 38.5 Å². The summed E-state index contributed by atoms with van der Waals surface area (Å²) in [6.07, 6.45) is 5.43. The zero-order valence-corrected chi connectivity index (χ0v) is 9.01. The van der Waals surface area contributed by atoms with E-state index in [1.807, 2.05) is 6.20 Å². The molecule has 3 heteroatoms. The molecule has 1 aromatic heterocycles. The van der Waals surface area contributed by atoms with Crippen LogP contribution in [0, 0.1) is 5.92 Å². The molecule has 0 bridgehead atoms. The van der Waals surface area contributed by atoms with E-state index in [1.54, 1.807) is 0 Å². The van der Waals surface area contributed by atoms with Crippen molar-refractivity contribution < 1.29 is 0 Å². The highest BCUT2D eigenvalue weighted by Crippen LogP contribution is 2.45. The second-order valence-corrected chi connectivity index (χ2v) is 4.84. The van der Waals surface area contributed by atoms with Crippen LogP contribution >= 0.6 is 0 Å². The average Bonchev–Trinajstić information content (AvgIpc) is 2.81. The molecule has 0 aromatic carbocycles. The SMILES string of the molecule is CC(C)Cc1cnc(C2(CN)CC2)[nH]1. The topological polar surface area (TPSA) is 54.7 Å². The minimum absolute atomic E-state index is 0.204. The average molecular weight is 193 g/mol. The van der Waals surface area contributed by atoms with Crippen LogP contribution in [0.15, 0.2) is 6.20 Å². The van der Waals surface area contributed by atoms with Crippen molar-refractivity contribution in [2.75, 3.05) is 6.54 Å². The molecule has 2 rings (SSSR count). The van der Waals surface area contributed by atoms with Crippen molar-refractivity contribution in [1.82, 2.24) is 9.97 Å². The van der Waals surface area contributed by atoms with Gasteiger partial charge in [0, 0.05) is 23.9 Å². The first-order valence-electron chi connectivity index (χ1n) is 5.41. The van der Waals surface area contributed by atoms with E-state index in [9.17, 15) is 0 Å². The predicted molar refractivity (Wildman–Crippen MR) is 57.1 cm³/mol. The third-order valence-electron chi connectivity index (χ3n) is 3.00. The van der Waals surface area contributed by atoms with Crippen molar-refractivity contribution in [1.29, 1.82) is 0 Å². The molecule has 1 heterocycles. The molecule has 1 saturated carbocycles. The summed E-state index contributed by atoms with van der Waals surface area (Å²) in [7, 11) is 0. The summed E-state index contributed by atoms with van der Waals surface area (Å²) in [5.74, 6) is 1.78. The van der Waals surface area contributed by atoms with Crippen LogP contribution in [0.25, 0.3) is 0 Å². The van der Waals surface area contributed by atoms with Crippen LogP contribution in [0.2, 0.25) is 0 Å². The molecule has 0 spiro atoms. The van der Waals surface area contributed by atoms with Crippen molar-refractivity contribution >= 4 is 0 Å². The monoisotopic (exact) mass is 193 g/mol. The Bertz CT molecular complexity index is 310. The lowest BCUT2D eigenvalue weighted by Crippen LogP contribution is -2.21. The van der Waals surface area contributed by atoms with E-state index < -0.39 is 0 Å². The Balaban J connectivity index is 2.10. The molecule has 78 valence electrons. The maximum absolute atomic E-state index is 5.75. The van der Waals surface area contributed by atoms with E-state index in [0.717, 1.165) is 18.8 Å². The number of H-pyrrole nitrogens is 1. The maximum atomic E-state index is 5.75. The van der Waals surface area contributed by atoms with E-state index >= 15 is 0 Å². The van der Waals surface area contributed by atoms with Gasteiger partial charge in [0.15, 0.2) is 0 Å². The number of imidazole rings is 1. The highest BCUT2D eigenvalue weighted by atomic mass is 15.0. The summed E-state index contributed by atoms with van der Waals surface area (Å²) in [5, 5.41) is 0. The molecule has 3 nitrogen and oxygen atoms in total. The zero-order chi connectivity index (χ0) is 10.2. The van der Waals surface area contributed by atoms with E-state index in [4.69, 9.17) is 5.73 Å². The quantitative estimate of drug-likeness (QED) is 0.763. The highest BCUT2D eigenvalue weighted by Gasteiger charge is 2.45. The molecule has 1 fully saturated rings. The second kappa shape index (κ2) is 3.39. The summed E-state index contributed by atoms with van der Waals surface area (Å²) in [6, 6.07) is 0. The van der Waals surface area contributed by atoms with Gasteiger partial charge in [-0.25, -0.2) is 4.98 Å². The Labute approximate surface area is 85.1 Å². The van der Waals surface area contributed by atoms with Gasteiger partial charge in [-0.15, -0.1) is 0 Å². The van der Waals surface area contributed by atoms with E-state index in [-0.39, 0.29) is 5.41 Å². The number of nitrogens with one attached hydrogen (secondary N) is 1. The first-order valence-corrected chi connectivity index (χ1v) is 5.41. The normalized spacial score (nSPS) is 18.9. The Morgan fingerprint density at radius 2 is 2.29 bits per heavy atom. The molecule has 0 amide bonds. The van der Waals surface area contributed by atoms with Crippen LogP contribution in [0.1, 0.15) is 38.2 Å². The number of hydrogen-bond acceptors (Lipinski definition) is 2. The summed E-state index contributed by atoms with van der Waals surface area (Å²) in [6.45, 7) is 5.16. The van der Waals surface area contributed by atoms with Crippen LogP contribution < -0.4 is 5.73 Å². The molecule has 1 aliphatic rings. The largest absolute Gasteiger partial charge is 0.345 e. The zero-order valence-electron chi connectivity index (χ0n) is 9.01. The molecule has 1 aliphatic carbocycles. The Morgan fingerprint density at radius 1 is 1.57 bits per heavy atom. The van der Waals surface area contributed by atoms with Crippen LogP contribution in [-0.4, -0.2) is 16.5 Å². The lowest BCUT2D eigenvalue weighted by molar-refractivity contribution is 0.625. The van der Waals surface area contributed by atoms with Gasteiger partial charge in [0.1, 0.15) is 5.82 Å².